The van der Waals surface area contributed by atoms with E-state index in [0.717, 1.165) is 19.4 Å². The van der Waals surface area contributed by atoms with Crippen LogP contribution in [-0.4, -0.2) is 16.6 Å². The molecule has 0 radical (unpaired) electrons. The Kier molecular flexibility index (Phi) is 2.29. The van der Waals surface area contributed by atoms with Crippen molar-refractivity contribution in [3.63, 3.8) is 0 Å². The van der Waals surface area contributed by atoms with Gasteiger partial charge in [0, 0.05) is 11.7 Å². The molecule has 1 saturated heterocycles. The van der Waals surface area contributed by atoms with Gasteiger partial charge in [-0.25, -0.2) is 0 Å². The molecule has 1 aliphatic rings. The lowest BCUT2D eigenvalue weighted by Crippen LogP contribution is -2.23. The minimum absolute atomic E-state index is 0.0133. The average molecular weight is 194 g/mol. The van der Waals surface area contributed by atoms with E-state index in [1.54, 1.807) is 13.0 Å². The maximum atomic E-state index is 11.6. The van der Waals surface area contributed by atoms with Gasteiger partial charge in [0.1, 0.15) is 5.75 Å². The van der Waals surface area contributed by atoms with E-state index in [9.17, 15) is 9.90 Å². The second kappa shape index (κ2) is 3.46. The molecule has 0 amide bonds. The third kappa shape index (κ3) is 1.53. The molecule has 1 unspecified atom stereocenters. The van der Waals surface area contributed by atoms with Crippen molar-refractivity contribution in [2.24, 2.45) is 0 Å². The van der Waals surface area contributed by atoms with Crippen molar-refractivity contribution in [3.8, 4) is 5.75 Å². The molecule has 0 saturated carbocycles. The number of rotatable bonds is 1. The van der Waals surface area contributed by atoms with E-state index in [-0.39, 0.29) is 17.4 Å². The first-order valence-corrected chi connectivity index (χ1v) is 4.84. The van der Waals surface area contributed by atoms with Gasteiger partial charge >= 0.3 is 0 Å². The number of pyridine rings is 1. The molecule has 1 aromatic heterocycles. The smallest absolute Gasteiger partial charge is 0.256 e. The van der Waals surface area contributed by atoms with Crippen LogP contribution in [0.5, 0.6) is 5.75 Å². The van der Waals surface area contributed by atoms with Crippen molar-refractivity contribution >= 4 is 0 Å². The zero-order chi connectivity index (χ0) is 10.1. The summed E-state index contributed by atoms with van der Waals surface area (Å²) in [7, 11) is 0. The molecule has 3 N–H and O–H groups in total. The highest BCUT2D eigenvalue weighted by molar-refractivity contribution is 5.34. The lowest BCUT2D eigenvalue weighted by Gasteiger charge is -2.11. The third-order valence-corrected chi connectivity index (χ3v) is 2.59. The summed E-state index contributed by atoms with van der Waals surface area (Å²) in [6, 6.07) is 1.61. The molecule has 2 rings (SSSR count). The summed E-state index contributed by atoms with van der Waals surface area (Å²) in [6.45, 7) is 2.67. The van der Waals surface area contributed by atoms with Gasteiger partial charge < -0.3 is 15.4 Å². The number of hydrogen-bond donors (Lipinski definition) is 3. The summed E-state index contributed by atoms with van der Waals surface area (Å²) >= 11 is 0. The standard InChI is InChI=1S/C10H14N2O2/c1-6-5-8(13)9(10(14)12-6)7-3-2-4-11-7/h5,7,11H,2-4H2,1H3,(H2,12,13,14). The molecule has 4 heteroatoms. The van der Waals surface area contributed by atoms with Crippen molar-refractivity contribution in [1.82, 2.24) is 10.3 Å². The first-order valence-electron chi connectivity index (χ1n) is 4.84. The number of nitrogens with one attached hydrogen (secondary N) is 2. The van der Waals surface area contributed by atoms with E-state index in [4.69, 9.17) is 0 Å². The van der Waals surface area contributed by atoms with E-state index in [2.05, 4.69) is 10.3 Å². The van der Waals surface area contributed by atoms with Crippen LogP contribution in [0.1, 0.15) is 30.1 Å². The van der Waals surface area contributed by atoms with Crippen LogP contribution in [0.2, 0.25) is 0 Å². The molecule has 76 valence electrons. The van der Waals surface area contributed by atoms with Crippen LogP contribution >= 0.6 is 0 Å². The van der Waals surface area contributed by atoms with E-state index < -0.39 is 0 Å². The number of hydrogen-bond acceptors (Lipinski definition) is 3. The molecule has 2 heterocycles. The average Bonchev–Trinajstić information content (AvgIpc) is 2.54. The molecule has 0 bridgehead atoms. The first kappa shape index (κ1) is 9.27. The normalized spacial score (nSPS) is 21.4. The van der Waals surface area contributed by atoms with Crippen molar-refractivity contribution in [3.05, 3.63) is 27.7 Å². The lowest BCUT2D eigenvalue weighted by atomic mass is 10.1. The second-order valence-corrected chi connectivity index (χ2v) is 3.73. The Labute approximate surface area is 82.0 Å². The highest BCUT2D eigenvalue weighted by Gasteiger charge is 2.22. The van der Waals surface area contributed by atoms with Gasteiger partial charge in [0.15, 0.2) is 0 Å². The minimum atomic E-state index is -0.179. The largest absolute Gasteiger partial charge is 0.507 e. The summed E-state index contributed by atoms with van der Waals surface area (Å²) in [5.74, 6) is 0.102. The highest BCUT2D eigenvalue weighted by Crippen LogP contribution is 2.26. The van der Waals surface area contributed by atoms with Crippen LogP contribution in [0.15, 0.2) is 10.9 Å². The van der Waals surface area contributed by atoms with Crippen molar-refractivity contribution < 1.29 is 5.11 Å². The quantitative estimate of drug-likeness (QED) is 0.620. The molecule has 14 heavy (non-hydrogen) atoms. The van der Waals surface area contributed by atoms with Gasteiger partial charge in [-0.1, -0.05) is 0 Å². The summed E-state index contributed by atoms with van der Waals surface area (Å²) < 4.78 is 0. The van der Waals surface area contributed by atoms with Crippen LogP contribution in [0.3, 0.4) is 0 Å². The highest BCUT2D eigenvalue weighted by atomic mass is 16.3. The van der Waals surface area contributed by atoms with Gasteiger partial charge in [-0.15, -0.1) is 0 Å². The number of aromatic hydroxyl groups is 1. The van der Waals surface area contributed by atoms with Crippen molar-refractivity contribution in [2.45, 2.75) is 25.8 Å². The fourth-order valence-electron chi connectivity index (χ4n) is 1.95. The van der Waals surface area contributed by atoms with E-state index in [0.29, 0.717) is 11.3 Å². The maximum Gasteiger partial charge on any atom is 0.256 e. The summed E-state index contributed by atoms with van der Waals surface area (Å²) in [6.07, 6.45) is 1.97. The Bertz CT molecular complexity index is 392. The van der Waals surface area contributed by atoms with Gasteiger partial charge in [0.25, 0.3) is 5.56 Å². The molecule has 1 aliphatic heterocycles. The predicted molar refractivity (Wildman–Crippen MR) is 53.4 cm³/mol. The number of aryl methyl sites for hydroxylation is 1. The Morgan fingerprint density at radius 3 is 2.93 bits per heavy atom. The molecule has 1 fully saturated rings. The molecule has 0 spiro atoms. The van der Waals surface area contributed by atoms with Gasteiger partial charge in [-0.3, -0.25) is 4.79 Å². The zero-order valence-corrected chi connectivity index (χ0v) is 8.13. The molecular weight excluding hydrogens is 180 g/mol. The number of H-pyrrole nitrogens is 1. The molecule has 0 aromatic carbocycles. The summed E-state index contributed by atoms with van der Waals surface area (Å²) in [4.78, 5) is 14.3. The van der Waals surface area contributed by atoms with Crippen LogP contribution < -0.4 is 10.9 Å². The number of aromatic nitrogens is 1. The number of aromatic amines is 1. The molecule has 1 aromatic rings. The van der Waals surface area contributed by atoms with E-state index in [1.807, 2.05) is 0 Å². The Balaban J connectivity index is 2.46. The Morgan fingerprint density at radius 1 is 1.57 bits per heavy atom. The van der Waals surface area contributed by atoms with Crippen LogP contribution in [-0.2, 0) is 0 Å². The molecule has 4 nitrogen and oxygen atoms in total. The molecule has 0 aliphatic carbocycles. The Morgan fingerprint density at radius 2 is 2.36 bits per heavy atom. The van der Waals surface area contributed by atoms with Gasteiger partial charge in [-0.05, 0) is 32.4 Å². The summed E-state index contributed by atoms with van der Waals surface area (Å²) in [5, 5.41) is 12.9. The maximum absolute atomic E-state index is 11.6. The van der Waals surface area contributed by atoms with Gasteiger partial charge in [-0.2, -0.15) is 0 Å². The first-order chi connectivity index (χ1) is 6.68. The fraction of sp³-hybridized carbons (Fsp3) is 0.500. The van der Waals surface area contributed by atoms with E-state index >= 15 is 0 Å². The van der Waals surface area contributed by atoms with Crippen molar-refractivity contribution in [2.75, 3.05) is 6.54 Å². The third-order valence-electron chi connectivity index (χ3n) is 2.59. The van der Waals surface area contributed by atoms with Crippen LogP contribution in [0.25, 0.3) is 0 Å². The van der Waals surface area contributed by atoms with Gasteiger partial charge in [0.05, 0.1) is 5.56 Å². The second-order valence-electron chi connectivity index (χ2n) is 3.73. The SMILES string of the molecule is Cc1cc(O)c(C2CCCN2)c(=O)[nH]1. The van der Waals surface area contributed by atoms with Crippen LogP contribution in [0.4, 0.5) is 0 Å². The molecule has 1 atom stereocenters. The minimum Gasteiger partial charge on any atom is -0.507 e. The molecular formula is C10H14N2O2. The van der Waals surface area contributed by atoms with Crippen LogP contribution in [0, 0.1) is 6.92 Å². The summed E-state index contributed by atoms with van der Waals surface area (Å²) in [5.41, 5.74) is 0.990. The zero-order valence-electron chi connectivity index (χ0n) is 8.13. The predicted octanol–water partition coefficient (Wildman–Crippen LogP) is 0.813. The van der Waals surface area contributed by atoms with Gasteiger partial charge in [0.2, 0.25) is 0 Å². The van der Waals surface area contributed by atoms with E-state index in [1.165, 1.54) is 0 Å². The fourth-order valence-corrected chi connectivity index (χ4v) is 1.95. The lowest BCUT2D eigenvalue weighted by molar-refractivity contribution is 0.453. The Hall–Kier alpha value is -1.29. The monoisotopic (exact) mass is 194 g/mol. The van der Waals surface area contributed by atoms with Crippen molar-refractivity contribution in [1.29, 1.82) is 0 Å². The topological polar surface area (TPSA) is 65.1 Å².